The molecule has 0 aliphatic carbocycles. The van der Waals surface area contributed by atoms with Crippen molar-refractivity contribution in [3.8, 4) is 0 Å². The van der Waals surface area contributed by atoms with Gasteiger partial charge >= 0.3 is 6.03 Å². The minimum absolute atomic E-state index is 0.184. The first kappa shape index (κ1) is 14.0. The maximum atomic E-state index is 11.5. The summed E-state index contributed by atoms with van der Waals surface area (Å²) in [6.07, 6.45) is 0.920. The highest BCUT2D eigenvalue weighted by molar-refractivity contribution is 5.76. The van der Waals surface area contributed by atoms with Crippen LogP contribution in [0.15, 0.2) is 12.3 Å². The maximum absolute atomic E-state index is 11.5. The number of nitrogens with one attached hydrogen (secondary N) is 2. The summed E-state index contributed by atoms with van der Waals surface area (Å²) >= 11 is 0. The van der Waals surface area contributed by atoms with Crippen molar-refractivity contribution in [3.63, 3.8) is 0 Å². The summed E-state index contributed by atoms with van der Waals surface area (Å²) in [5.74, 6) is 0. The van der Waals surface area contributed by atoms with Gasteiger partial charge in [-0.2, -0.15) is 0 Å². The predicted molar refractivity (Wildman–Crippen MR) is 64.6 cm³/mol. The zero-order valence-electron chi connectivity index (χ0n) is 10.8. The van der Waals surface area contributed by atoms with E-state index in [2.05, 4.69) is 38.0 Å². The third-order valence-corrected chi connectivity index (χ3v) is 1.75. The van der Waals surface area contributed by atoms with Crippen LogP contribution in [0, 0.1) is 5.41 Å². The van der Waals surface area contributed by atoms with Gasteiger partial charge in [0.05, 0.1) is 0 Å². The molecule has 0 fully saturated rings. The van der Waals surface area contributed by atoms with E-state index in [4.69, 9.17) is 0 Å². The van der Waals surface area contributed by atoms with Gasteiger partial charge in [0.15, 0.2) is 0 Å². The molecular weight excluding hydrogens is 188 g/mol. The van der Waals surface area contributed by atoms with E-state index in [0.717, 1.165) is 6.42 Å². The van der Waals surface area contributed by atoms with E-state index < -0.39 is 0 Å². The second-order valence-corrected chi connectivity index (χ2v) is 5.98. The molecule has 3 heteroatoms. The number of rotatable bonds is 3. The number of carbonyl (C=O) groups is 1. The Labute approximate surface area is 93.3 Å². The van der Waals surface area contributed by atoms with E-state index in [9.17, 15) is 4.79 Å². The third-order valence-electron chi connectivity index (χ3n) is 1.75. The average Bonchev–Trinajstić information content (AvgIpc) is 1.73. The van der Waals surface area contributed by atoms with Gasteiger partial charge in [-0.05, 0) is 32.6 Å². The zero-order valence-corrected chi connectivity index (χ0v) is 10.8. The van der Waals surface area contributed by atoms with Gasteiger partial charge in [-0.1, -0.05) is 27.4 Å². The zero-order chi connectivity index (χ0) is 12.3. The third kappa shape index (κ3) is 8.03. The van der Waals surface area contributed by atoms with E-state index >= 15 is 0 Å². The Morgan fingerprint density at radius 2 is 1.67 bits per heavy atom. The van der Waals surface area contributed by atoms with Crippen LogP contribution in [0.3, 0.4) is 0 Å². The lowest BCUT2D eigenvalue weighted by Crippen LogP contribution is -2.49. The molecule has 0 radical (unpaired) electrons. The second-order valence-electron chi connectivity index (χ2n) is 5.98. The molecule has 88 valence electrons. The van der Waals surface area contributed by atoms with Crippen molar-refractivity contribution in [1.82, 2.24) is 10.6 Å². The summed E-state index contributed by atoms with van der Waals surface area (Å²) in [6.45, 7) is 15.9. The van der Waals surface area contributed by atoms with Crippen molar-refractivity contribution < 1.29 is 4.79 Å². The normalized spacial score (nSPS) is 12.1. The average molecular weight is 212 g/mol. The van der Waals surface area contributed by atoms with E-state index in [0.29, 0.717) is 5.70 Å². The molecule has 0 atom stereocenters. The van der Waals surface area contributed by atoms with Crippen LogP contribution in [0.2, 0.25) is 0 Å². The fraction of sp³-hybridized carbons (Fsp3) is 0.750. The van der Waals surface area contributed by atoms with E-state index in [1.54, 1.807) is 6.92 Å². The number of allylic oxidation sites excluding steroid dienone is 1. The first-order valence-electron chi connectivity index (χ1n) is 5.26. The highest BCUT2D eigenvalue weighted by Crippen LogP contribution is 2.26. The Hall–Kier alpha value is -0.990. The van der Waals surface area contributed by atoms with E-state index in [1.165, 1.54) is 0 Å². The molecule has 2 amide bonds. The standard InChI is InChI=1S/C12H24N2O/c1-9(2)13-10(15)14-12(6,7)8-11(3,4)5/h1,8H2,2-7H3,(H2,13,14,15). The number of urea groups is 1. The maximum Gasteiger partial charge on any atom is 0.319 e. The topological polar surface area (TPSA) is 41.1 Å². The molecular formula is C12H24N2O. The van der Waals surface area contributed by atoms with Crippen LogP contribution >= 0.6 is 0 Å². The van der Waals surface area contributed by atoms with Gasteiger partial charge in [0.25, 0.3) is 0 Å². The van der Waals surface area contributed by atoms with Gasteiger partial charge in [0.2, 0.25) is 0 Å². The van der Waals surface area contributed by atoms with Gasteiger partial charge in [-0.3, -0.25) is 0 Å². The lowest BCUT2D eigenvalue weighted by Gasteiger charge is -2.33. The van der Waals surface area contributed by atoms with Crippen LogP contribution in [0.4, 0.5) is 4.79 Å². The van der Waals surface area contributed by atoms with Crippen LogP contribution in [0.25, 0.3) is 0 Å². The monoisotopic (exact) mass is 212 g/mol. The number of hydrogen-bond acceptors (Lipinski definition) is 1. The summed E-state index contributed by atoms with van der Waals surface area (Å²) in [6, 6.07) is -0.184. The van der Waals surface area contributed by atoms with Crippen molar-refractivity contribution in [2.75, 3.05) is 0 Å². The summed E-state index contributed by atoms with van der Waals surface area (Å²) in [5.41, 5.74) is 0.636. The molecule has 2 N–H and O–H groups in total. The van der Waals surface area contributed by atoms with Crippen LogP contribution in [0.1, 0.15) is 48.0 Å². The Morgan fingerprint density at radius 3 is 2.00 bits per heavy atom. The van der Waals surface area contributed by atoms with Gasteiger partial charge < -0.3 is 10.6 Å². The van der Waals surface area contributed by atoms with Crippen molar-refractivity contribution in [2.24, 2.45) is 5.41 Å². The molecule has 0 aromatic heterocycles. The Morgan fingerprint density at radius 1 is 1.20 bits per heavy atom. The highest BCUT2D eigenvalue weighted by atomic mass is 16.2. The van der Waals surface area contributed by atoms with Crippen LogP contribution in [-0.2, 0) is 0 Å². The molecule has 0 aromatic carbocycles. The molecule has 0 spiro atoms. The summed E-state index contributed by atoms with van der Waals surface area (Å²) in [5, 5.41) is 5.57. The van der Waals surface area contributed by atoms with Gasteiger partial charge in [0, 0.05) is 11.2 Å². The largest absolute Gasteiger partial charge is 0.333 e. The smallest absolute Gasteiger partial charge is 0.319 e. The fourth-order valence-corrected chi connectivity index (χ4v) is 1.90. The predicted octanol–water partition coefficient (Wildman–Crippen LogP) is 3.03. The van der Waals surface area contributed by atoms with E-state index in [1.807, 2.05) is 13.8 Å². The lowest BCUT2D eigenvalue weighted by molar-refractivity contribution is 0.212. The molecule has 0 saturated carbocycles. The highest BCUT2D eigenvalue weighted by Gasteiger charge is 2.26. The van der Waals surface area contributed by atoms with Crippen molar-refractivity contribution in [2.45, 2.75) is 53.5 Å². The molecule has 0 aliphatic rings. The van der Waals surface area contributed by atoms with Crippen LogP contribution < -0.4 is 10.6 Å². The molecule has 3 nitrogen and oxygen atoms in total. The molecule has 0 unspecified atom stereocenters. The summed E-state index contributed by atoms with van der Waals surface area (Å²) < 4.78 is 0. The second kappa shape index (κ2) is 4.69. The SMILES string of the molecule is C=C(C)NC(=O)NC(C)(C)CC(C)(C)C. The molecule has 15 heavy (non-hydrogen) atoms. The molecule has 0 aliphatic heterocycles. The van der Waals surface area contributed by atoms with Crippen molar-refractivity contribution in [1.29, 1.82) is 0 Å². The summed E-state index contributed by atoms with van der Waals surface area (Å²) in [4.78, 5) is 11.5. The Bertz CT molecular complexity index is 249. The number of amides is 2. The minimum Gasteiger partial charge on any atom is -0.333 e. The Kier molecular flexibility index (Phi) is 4.38. The fourth-order valence-electron chi connectivity index (χ4n) is 1.90. The van der Waals surface area contributed by atoms with Crippen molar-refractivity contribution in [3.05, 3.63) is 12.3 Å². The first-order chi connectivity index (χ1) is 6.52. The van der Waals surface area contributed by atoms with Gasteiger partial charge in [0.1, 0.15) is 0 Å². The lowest BCUT2D eigenvalue weighted by atomic mass is 9.82. The molecule has 0 bridgehead atoms. The molecule has 0 heterocycles. The quantitative estimate of drug-likeness (QED) is 0.741. The molecule has 0 rings (SSSR count). The molecule has 0 saturated heterocycles. The number of carbonyl (C=O) groups excluding carboxylic acids is 1. The van der Waals surface area contributed by atoms with Crippen molar-refractivity contribution >= 4 is 6.03 Å². The van der Waals surface area contributed by atoms with Crippen LogP contribution in [0.5, 0.6) is 0 Å². The van der Waals surface area contributed by atoms with Crippen LogP contribution in [-0.4, -0.2) is 11.6 Å². The van der Waals surface area contributed by atoms with Gasteiger partial charge in [-0.15, -0.1) is 0 Å². The summed E-state index contributed by atoms with van der Waals surface area (Å²) in [7, 11) is 0. The Balaban J connectivity index is 4.25. The first-order valence-corrected chi connectivity index (χ1v) is 5.26. The molecule has 0 aromatic rings. The minimum atomic E-state index is -0.211. The van der Waals surface area contributed by atoms with Gasteiger partial charge in [-0.25, -0.2) is 4.79 Å². The number of hydrogen-bond donors (Lipinski definition) is 2. The van der Waals surface area contributed by atoms with E-state index in [-0.39, 0.29) is 17.0 Å².